The standard InChI is InChI=1S/C19H17ClN2O4/c1-2-5-18(24)26-12-17(23)22-16-7-4-3-6-15(16)19(25)21-14-10-8-13(20)9-11-14/h2-11H,12H2,1H3,(H,21,25)(H,22,23)/b5-2+. The third kappa shape index (κ3) is 5.75. The summed E-state index contributed by atoms with van der Waals surface area (Å²) < 4.78 is 4.77. The van der Waals surface area contributed by atoms with E-state index >= 15 is 0 Å². The SMILES string of the molecule is C/C=C/C(=O)OCC(=O)Nc1ccccc1C(=O)Nc1ccc(Cl)cc1. The van der Waals surface area contributed by atoms with Gasteiger partial charge in [0, 0.05) is 16.8 Å². The number of anilines is 2. The Labute approximate surface area is 155 Å². The van der Waals surface area contributed by atoms with Crippen molar-refractivity contribution in [2.75, 3.05) is 17.2 Å². The molecule has 7 heteroatoms. The summed E-state index contributed by atoms with van der Waals surface area (Å²) in [4.78, 5) is 35.6. The number of amides is 2. The van der Waals surface area contributed by atoms with E-state index in [0.717, 1.165) is 0 Å². The molecule has 0 aliphatic rings. The molecule has 2 N–H and O–H groups in total. The Balaban J connectivity index is 2.04. The van der Waals surface area contributed by atoms with E-state index in [1.54, 1.807) is 55.5 Å². The van der Waals surface area contributed by atoms with Gasteiger partial charge in [-0.1, -0.05) is 29.8 Å². The lowest BCUT2D eigenvalue weighted by Gasteiger charge is -2.11. The molecule has 2 aromatic rings. The van der Waals surface area contributed by atoms with Crippen molar-refractivity contribution in [3.8, 4) is 0 Å². The minimum Gasteiger partial charge on any atom is -0.452 e. The highest BCUT2D eigenvalue weighted by atomic mass is 35.5. The fraction of sp³-hybridized carbons (Fsp3) is 0.105. The van der Waals surface area contributed by atoms with Crippen LogP contribution in [0.25, 0.3) is 0 Å². The molecular formula is C19H17ClN2O4. The molecule has 2 aromatic carbocycles. The number of rotatable bonds is 6. The summed E-state index contributed by atoms with van der Waals surface area (Å²) in [6.45, 7) is 1.22. The highest BCUT2D eigenvalue weighted by Crippen LogP contribution is 2.19. The van der Waals surface area contributed by atoms with Crippen molar-refractivity contribution in [2.45, 2.75) is 6.92 Å². The van der Waals surface area contributed by atoms with Gasteiger partial charge in [-0.3, -0.25) is 9.59 Å². The zero-order valence-electron chi connectivity index (χ0n) is 14.0. The lowest BCUT2D eigenvalue weighted by atomic mass is 10.1. The molecule has 134 valence electrons. The molecule has 2 amide bonds. The Bertz CT molecular complexity index is 832. The molecule has 0 aliphatic heterocycles. The van der Waals surface area contributed by atoms with Crippen LogP contribution in [0.2, 0.25) is 5.02 Å². The van der Waals surface area contributed by atoms with Crippen LogP contribution in [0, 0.1) is 0 Å². The molecule has 2 rings (SSSR count). The average Bonchev–Trinajstić information content (AvgIpc) is 2.62. The molecule has 0 heterocycles. The number of halogens is 1. The maximum absolute atomic E-state index is 12.5. The normalized spacial score (nSPS) is 10.4. The minimum absolute atomic E-state index is 0.274. The zero-order valence-corrected chi connectivity index (χ0v) is 14.7. The number of carbonyl (C=O) groups excluding carboxylic acids is 3. The van der Waals surface area contributed by atoms with Crippen molar-refractivity contribution in [1.82, 2.24) is 0 Å². The summed E-state index contributed by atoms with van der Waals surface area (Å²) in [6.07, 6.45) is 2.72. The zero-order chi connectivity index (χ0) is 18.9. The third-order valence-electron chi connectivity index (χ3n) is 3.20. The van der Waals surface area contributed by atoms with Gasteiger partial charge in [0.1, 0.15) is 0 Å². The van der Waals surface area contributed by atoms with E-state index in [9.17, 15) is 14.4 Å². The fourth-order valence-electron chi connectivity index (χ4n) is 2.03. The summed E-state index contributed by atoms with van der Waals surface area (Å²) >= 11 is 5.82. The Kier molecular flexibility index (Phi) is 6.93. The number of esters is 1. The number of carbonyl (C=O) groups is 3. The third-order valence-corrected chi connectivity index (χ3v) is 3.45. The van der Waals surface area contributed by atoms with Gasteiger partial charge in [-0.25, -0.2) is 4.79 Å². The summed E-state index contributed by atoms with van der Waals surface area (Å²) in [6, 6.07) is 13.2. The molecule has 26 heavy (non-hydrogen) atoms. The van der Waals surface area contributed by atoms with Gasteiger partial charge in [-0.15, -0.1) is 0 Å². The summed E-state index contributed by atoms with van der Waals surface area (Å²) in [7, 11) is 0. The van der Waals surface area contributed by atoms with E-state index in [-0.39, 0.29) is 5.56 Å². The molecule has 0 unspecified atom stereocenters. The molecule has 0 radical (unpaired) electrons. The summed E-state index contributed by atoms with van der Waals surface area (Å²) in [5.74, 6) is -1.56. The van der Waals surface area contributed by atoms with Crippen molar-refractivity contribution in [2.24, 2.45) is 0 Å². The lowest BCUT2D eigenvalue weighted by molar-refractivity contribution is -0.142. The van der Waals surface area contributed by atoms with Crippen molar-refractivity contribution >= 4 is 40.8 Å². The number of benzene rings is 2. The van der Waals surface area contributed by atoms with Gasteiger partial charge >= 0.3 is 5.97 Å². The second-order valence-corrected chi connectivity index (χ2v) is 5.60. The Morgan fingerprint density at radius 1 is 1.04 bits per heavy atom. The summed E-state index contributed by atoms with van der Waals surface area (Å²) in [5, 5.41) is 5.84. The highest BCUT2D eigenvalue weighted by molar-refractivity contribution is 6.30. The second kappa shape index (κ2) is 9.39. The van der Waals surface area contributed by atoms with E-state index < -0.39 is 24.4 Å². The Morgan fingerprint density at radius 3 is 2.42 bits per heavy atom. The first-order valence-electron chi connectivity index (χ1n) is 7.75. The molecule has 0 bridgehead atoms. The van der Waals surface area contributed by atoms with Crippen molar-refractivity contribution in [1.29, 1.82) is 0 Å². The van der Waals surface area contributed by atoms with E-state index in [0.29, 0.717) is 16.4 Å². The monoisotopic (exact) mass is 372 g/mol. The molecule has 0 saturated carbocycles. The van der Waals surface area contributed by atoms with Crippen LogP contribution in [-0.4, -0.2) is 24.4 Å². The second-order valence-electron chi connectivity index (χ2n) is 5.16. The molecular weight excluding hydrogens is 356 g/mol. The van der Waals surface area contributed by atoms with Gasteiger partial charge < -0.3 is 15.4 Å². The lowest BCUT2D eigenvalue weighted by Crippen LogP contribution is -2.22. The van der Waals surface area contributed by atoms with E-state index in [4.69, 9.17) is 16.3 Å². The predicted octanol–water partition coefficient (Wildman–Crippen LogP) is 3.65. The Hall–Kier alpha value is -3.12. The van der Waals surface area contributed by atoms with Crippen molar-refractivity contribution in [3.05, 3.63) is 71.3 Å². The molecule has 6 nitrogen and oxygen atoms in total. The van der Waals surface area contributed by atoms with Gasteiger partial charge in [0.2, 0.25) is 0 Å². The van der Waals surface area contributed by atoms with Gasteiger partial charge in [0.05, 0.1) is 11.3 Å². The topological polar surface area (TPSA) is 84.5 Å². The quantitative estimate of drug-likeness (QED) is 0.598. The van der Waals surface area contributed by atoms with E-state index in [1.807, 2.05) is 0 Å². The number of allylic oxidation sites excluding steroid dienone is 1. The number of hydrogen-bond donors (Lipinski definition) is 2. The Morgan fingerprint density at radius 2 is 1.73 bits per heavy atom. The molecule has 0 spiro atoms. The largest absolute Gasteiger partial charge is 0.452 e. The number of nitrogens with one attached hydrogen (secondary N) is 2. The fourth-order valence-corrected chi connectivity index (χ4v) is 2.15. The maximum Gasteiger partial charge on any atom is 0.330 e. The molecule has 0 aliphatic carbocycles. The van der Waals surface area contributed by atoms with Crippen molar-refractivity contribution in [3.63, 3.8) is 0 Å². The highest BCUT2D eigenvalue weighted by Gasteiger charge is 2.14. The maximum atomic E-state index is 12.5. The first-order chi connectivity index (χ1) is 12.5. The van der Waals surface area contributed by atoms with Crippen LogP contribution in [0.3, 0.4) is 0 Å². The van der Waals surface area contributed by atoms with Crippen LogP contribution in [0.15, 0.2) is 60.7 Å². The summed E-state index contributed by atoms with van der Waals surface area (Å²) in [5.41, 5.74) is 1.16. The number of para-hydroxylation sites is 1. The minimum atomic E-state index is -0.614. The van der Waals surface area contributed by atoms with Crippen LogP contribution in [0.5, 0.6) is 0 Å². The number of hydrogen-bond acceptors (Lipinski definition) is 4. The van der Waals surface area contributed by atoms with Gasteiger partial charge in [-0.2, -0.15) is 0 Å². The smallest absolute Gasteiger partial charge is 0.330 e. The van der Waals surface area contributed by atoms with E-state index in [2.05, 4.69) is 10.6 Å². The first-order valence-corrected chi connectivity index (χ1v) is 8.12. The van der Waals surface area contributed by atoms with Crippen molar-refractivity contribution < 1.29 is 19.1 Å². The first kappa shape index (κ1) is 19.2. The van der Waals surface area contributed by atoms with Crippen LogP contribution >= 0.6 is 11.6 Å². The predicted molar refractivity (Wildman–Crippen MR) is 100 cm³/mol. The average molecular weight is 373 g/mol. The number of ether oxygens (including phenoxy) is 1. The van der Waals surface area contributed by atoms with Crippen LogP contribution in [0.4, 0.5) is 11.4 Å². The van der Waals surface area contributed by atoms with Crippen LogP contribution in [0.1, 0.15) is 17.3 Å². The van der Waals surface area contributed by atoms with Crippen LogP contribution < -0.4 is 10.6 Å². The molecule has 0 atom stereocenters. The molecule has 0 aromatic heterocycles. The van der Waals surface area contributed by atoms with Gasteiger partial charge in [-0.05, 0) is 43.3 Å². The molecule has 0 fully saturated rings. The van der Waals surface area contributed by atoms with Crippen LogP contribution in [-0.2, 0) is 14.3 Å². The van der Waals surface area contributed by atoms with E-state index in [1.165, 1.54) is 12.2 Å². The van der Waals surface area contributed by atoms with Gasteiger partial charge in [0.15, 0.2) is 6.61 Å². The molecule has 0 saturated heterocycles. The van der Waals surface area contributed by atoms with Gasteiger partial charge in [0.25, 0.3) is 11.8 Å².